The van der Waals surface area contributed by atoms with Crippen molar-refractivity contribution in [1.29, 1.82) is 0 Å². The quantitative estimate of drug-likeness (QED) is 0.236. The van der Waals surface area contributed by atoms with Crippen LogP contribution in [0, 0.1) is 0 Å². The van der Waals surface area contributed by atoms with Crippen molar-refractivity contribution in [2.75, 3.05) is 6.61 Å². The van der Waals surface area contributed by atoms with E-state index in [1.54, 1.807) is 0 Å². The average Bonchev–Trinajstić information content (AvgIpc) is 2.43. The fraction of sp³-hybridized carbons (Fsp3) is 0.938. The van der Waals surface area contributed by atoms with Gasteiger partial charge in [-0.3, -0.25) is 0 Å². The number of carbonyl (C=O) groups excluding carboxylic acids is 1. The third-order valence-electron chi connectivity index (χ3n) is 3.18. The van der Waals surface area contributed by atoms with Crippen molar-refractivity contribution >= 4 is 17.8 Å². The molecule has 0 radical (unpaired) electrons. The first kappa shape index (κ1) is 19.6. The van der Waals surface area contributed by atoms with Crippen LogP contribution >= 0.6 is 11.6 Å². The van der Waals surface area contributed by atoms with E-state index in [2.05, 4.69) is 6.92 Å². The van der Waals surface area contributed by atoms with Gasteiger partial charge in [-0.05, 0) is 19.3 Å². The summed E-state index contributed by atoms with van der Waals surface area (Å²) in [7, 11) is 0. The van der Waals surface area contributed by atoms with Crippen LogP contribution in [0.5, 0.6) is 0 Å². The van der Waals surface area contributed by atoms with Crippen LogP contribution in [0.15, 0.2) is 0 Å². The second kappa shape index (κ2) is 15.0. The van der Waals surface area contributed by atoms with E-state index < -0.39 is 11.7 Å². The third-order valence-corrected chi connectivity index (χ3v) is 3.49. The Morgan fingerprint density at radius 2 is 1.45 bits per heavy atom. The van der Waals surface area contributed by atoms with Crippen molar-refractivity contribution in [3.63, 3.8) is 0 Å². The van der Waals surface area contributed by atoms with E-state index in [4.69, 9.17) is 21.1 Å². The number of hydrogen-bond donors (Lipinski definition) is 0. The number of rotatable bonds is 13. The summed E-state index contributed by atoms with van der Waals surface area (Å²) in [5.41, 5.74) is -0.552. The third kappa shape index (κ3) is 14.0. The van der Waals surface area contributed by atoms with Crippen LogP contribution in [0.4, 0.5) is 4.79 Å². The van der Waals surface area contributed by atoms with Crippen molar-refractivity contribution in [3.05, 3.63) is 0 Å². The molecule has 1 unspecified atom stereocenters. The first-order chi connectivity index (χ1) is 9.70. The van der Waals surface area contributed by atoms with Gasteiger partial charge in [0, 0.05) is 0 Å². The summed E-state index contributed by atoms with van der Waals surface area (Å²) in [6.45, 7) is 4.57. The molecule has 0 N–H and O–H groups in total. The standard InChI is InChI=1S/C16H31ClO3/c1-3-5-6-7-8-9-10-11-12-13-15(17)20-16(18)19-14-4-2/h15H,3-14H2,1-2H3. The van der Waals surface area contributed by atoms with Gasteiger partial charge in [-0.25, -0.2) is 4.79 Å². The number of alkyl halides is 1. The molecule has 0 aromatic rings. The normalized spacial score (nSPS) is 12.2. The average molecular weight is 307 g/mol. The second-order valence-electron chi connectivity index (χ2n) is 5.24. The molecule has 0 fully saturated rings. The van der Waals surface area contributed by atoms with E-state index in [0.717, 1.165) is 19.3 Å². The van der Waals surface area contributed by atoms with E-state index in [1.165, 1.54) is 44.9 Å². The minimum absolute atomic E-state index is 0.389. The summed E-state index contributed by atoms with van der Waals surface area (Å²) < 4.78 is 9.74. The van der Waals surface area contributed by atoms with Crippen molar-refractivity contribution in [2.45, 2.75) is 90.0 Å². The monoisotopic (exact) mass is 306 g/mol. The molecule has 0 saturated heterocycles. The number of unbranched alkanes of at least 4 members (excludes halogenated alkanes) is 8. The zero-order chi connectivity index (χ0) is 15.1. The molecule has 0 rings (SSSR count). The Bertz CT molecular complexity index is 222. The maximum atomic E-state index is 11.1. The topological polar surface area (TPSA) is 35.5 Å². The summed E-state index contributed by atoms with van der Waals surface area (Å²) in [6.07, 6.45) is 12.3. The molecule has 0 saturated carbocycles. The molecule has 3 nitrogen and oxygen atoms in total. The van der Waals surface area contributed by atoms with E-state index in [9.17, 15) is 4.79 Å². The van der Waals surface area contributed by atoms with Crippen LogP contribution in [0.25, 0.3) is 0 Å². The first-order valence-electron chi connectivity index (χ1n) is 8.18. The van der Waals surface area contributed by atoms with Gasteiger partial charge >= 0.3 is 6.16 Å². The highest BCUT2D eigenvalue weighted by molar-refractivity contribution is 6.20. The van der Waals surface area contributed by atoms with Crippen LogP contribution in [0.3, 0.4) is 0 Å². The van der Waals surface area contributed by atoms with Gasteiger partial charge < -0.3 is 9.47 Å². The van der Waals surface area contributed by atoms with Gasteiger partial charge in [0.05, 0.1) is 6.61 Å². The summed E-state index contributed by atoms with van der Waals surface area (Å²) in [6, 6.07) is 0. The van der Waals surface area contributed by atoms with Gasteiger partial charge in [0.2, 0.25) is 0 Å². The number of carbonyl (C=O) groups is 1. The lowest BCUT2D eigenvalue weighted by Crippen LogP contribution is -2.14. The van der Waals surface area contributed by atoms with E-state index in [-0.39, 0.29) is 0 Å². The lowest BCUT2D eigenvalue weighted by atomic mass is 10.1. The van der Waals surface area contributed by atoms with Gasteiger partial charge in [0.25, 0.3) is 0 Å². The molecule has 1 atom stereocenters. The molecule has 0 spiro atoms. The minimum atomic E-state index is -0.650. The number of halogens is 1. The van der Waals surface area contributed by atoms with E-state index in [1.807, 2.05) is 6.92 Å². The zero-order valence-electron chi connectivity index (χ0n) is 13.2. The molecule has 0 aliphatic heterocycles. The summed E-state index contributed by atoms with van der Waals surface area (Å²) in [5.74, 6) is 0. The van der Waals surface area contributed by atoms with Gasteiger partial charge in [-0.15, -0.1) is 0 Å². The Morgan fingerprint density at radius 1 is 0.900 bits per heavy atom. The largest absolute Gasteiger partial charge is 0.509 e. The highest BCUT2D eigenvalue weighted by atomic mass is 35.5. The molecule has 0 aliphatic rings. The Balaban J connectivity index is 3.26. The van der Waals surface area contributed by atoms with Gasteiger partial charge in [0.1, 0.15) is 0 Å². The van der Waals surface area contributed by atoms with Crippen molar-refractivity contribution < 1.29 is 14.3 Å². The smallest absolute Gasteiger partial charge is 0.434 e. The fourth-order valence-electron chi connectivity index (χ4n) is 2.00. The highest BCUT2D eigenvalue weighted by Gasteiger charge is 2.11. The summed E-state index contributed by atoms with van der Waals surface area (Å²) in [4.78, 5) is 11.1. The van der Waals surface area contributed by atoms with E-state index in [0.29, 0.717) is 13.0 Å². The Kier molecular flexibility index (Phi) is 14.6. The van der Waals surface area contributed by atoms with Gasteiger partial charge in [-0.1, -0.05) is 76.8 Å². The Labute approximate surface area is 129 Å². The first-order valence-corrected chi connectivity index (χ1v) is 8.61. The molecule has 0 bridgehead atoms. The zero-order valence-corrected chi connectivity index (χ0v) is 13.9. The fourth-order valence-corrected chi connectivity index (χ4v) is 2.23. The molecular formula is C16H31ClO3. The van der Waals surface area contributed by atoms with Crippen LogP contribution in [0.1, 0.15) is 84.5 Å². The van der Waals surface area contributed by atoms with E-state index >= 15 is 0 Å². The molecule has 0 heterocycles. The molecule has 0 aliphatic carbocycles. The molecular weight excluding hydrogens is 276 g/mol. The highest BCUT2D eigenvalue weighted by Crippen LogP contribution is 2.14. The van der Waals surface area contributed by atoms with Crippen LogP contribution in [-0.2, 0) is 9.47 Å². The predicted octanol–water partition coefficient (Wildman–Crippen LogP) is 6.04. The molecule has 120 valence electrons. The lowest BCUT2D eigenvalue weighted by molar-refractivity contribution is 0.0434. The van der Waals surface area contributed by atoms with Crippen molar-refractivity contribution in [1.82, 2.24) is 0 Å². The minimum Gasteiger partial charge on any atom is -0.434 e. The predicted molar refractivity (Wildman–Crippen MR) is 84.2 cm³/mol. The molecule has 20 heavy (non-hydrogen) atoms. The molecule has 0 amide bonds. The van der Waals surface area contributed by atoms with Crippen LogP contribution in [-0.4, -0.2) is 18.3 Å². The van der Waals surface area contributed by atoms with Crippen molar-refractivity contribution in [3.8, 4) is 0 Å². The summed E-state index contributed by atoms with van der Waals surface area (Å²) >= 11 is 5.93. The van der Waals surface area contributed by atoms with Crippen LogP contribution in [0.2, 0.25) is 0 Å². The second-order valence-corrected chi connectivity index (χ2v) is 5.73. The molecule has 4 heteroatoms. The maximum Gasteiger partial charge on any atom is 0.509 e. The van der Waals surface area contributed by atoms with Crippen molar-refractivity contribution in [2.24, 2.45) is 0 Å². The Morgan fingerprint density at radius 3 is 2.00 bits per heavy atom. The SMILES string of the molecule is CCCCCCCCCCCC(Cl)OC(=O)OCCC. The number of hydrogen-bond acceptors (Lipinski definition) is 3. The Hall–Kier alpha value is -0.440. The van der Waals surface area contributed by atoms with Gasteiger partial charge in [0.15, 0.2) is 5.56 Å². The lowest BCUT2D eigenvalue weighted by Gasteiger charge is -2.10. The number of ether oxygens (including phenoxy) is 2. The molecule has 0 aromatic carbocycles. The summed E-state index contributed by atoms with van der Waals surface area (Å²) in [5, 5.41) is 0. The van der Waals surface area contributed by atoms with Crippen LogP contribution < -0.4 is 0 Å². The maximum absolute atomic E-state index is 11.1. The van der Waals surface area contributed by atoms with Gasteiger partial charge in [-0.2, -0.15) is 0 Å². The molecule has 0 aromatic heterocycles.